The van der Waals surface area contributed by atoms with Crippen molar-refractivity contribution >= 4 is 5.91 Å². The van der Waals surface area contributed by atoms with Gasteiger partial charge in [0.25, 0.3) is 0 Å². The summed E-state index contributed by atoms with van der Waals surface area (Å²) < 4.78 is 0. The minimum Gasteiger partial charge on any atom is -0.396 e. The van der Waals surface area contributed by atoms with E-state index < -0.39 is 0 Å². The molecule has 0 aromatic carbocycles. The minimum atomic E-state index is 0.161. The summed E-state index contributed by atoms with van der Waals surface area (Å²) in [5, 5.41) is 12.3. The first-order valence-corrected chi connectivity index (χ1v) is 7.38. The molecular weight excluding hydrogens is 228 g/mol. The molecule has 18 heavy (non-hydrogen) atoms. The minimum absolute atomic E-state index is 0.161. The van der Waals surface area contributed by atoms with E-state index in [0.717, 1.165) is 51.6 Å². The van der Waals surface area contributed by atoms with E-state index in [0.29, 0.717) is 18.0 Å². The van der Waals surface area contributed by atoms with Crippen molar-refractivity contribution in [2.45, 2.75) is 57.5 Å². The van der Waals surface area contributed by atoms with E-state index in [1.807, 2.05) is 0 Å². The van der Waals surface area contributed by atoms with Gasteiger partial charge in [-0.3, -0.25) is 4.79 Å². The van der Waals surface area contributed by atoms with Crippen molar-refractivity contribution in [3.63, 3.8) is 0 Å². The number of hydrogen-bond donors (Lipinski definition) is 2. The zero-order chi connectivity index (χ0) is 13.0. The van der Waals surface area contributed by atoms with Gasteiger partial charge in [-0.2, -0.15) is 0 Å². The van der Waals surface area contributed by atoms with Gasteiger partial charge < -0.3 is 15.3 Å². The van der Waals surface area contributed by atoms with E-state index in [4.69, 9.17) is 5.11 Å². The summed E-state index contributed by atoms with van der Waals surface area (Å²) >= 11 is 0. The maximum Gasteiger partial charge on any atom is 0.227 e. The van der Waals surface area contributed by atoms with E-state index in [1.165, 1.54) is 0 Å². The smallest absolute Gasteiger partial charge is 0.227 e. The number of amides is 1. The molecule has 0 aromatic heterocycles. The molecule has 1 amide bonds. The number of nitrogens with one attached hydrogen (secondary N) is 1. The molecule has 2 heterocycles. The van der Waals surface area contributed by atoms with Gasteiger partial charge in [-0.25, -0.2) is 0 Å². The number of likely N-dealkylation sites (tertiary alicyclic amines) is 1. The summed E-state index contributed by atoms with van der Waals surface area (Å²) in [4.78, 5) is 14.7. The number of carbonyl (C=O) groups is 1. The summed E-state index contributed by atoms with van der Waals surface area (Å²) in [6.45, 7) is 4.32. The Balaban J connectivity index is 1.94. The van der Waals surface area contributed by atoms with Crippen molar-refractivity contribution in [2.24, 2.45) is 5.92 Å². The van der Waals surface area contributed by atoms with Crippen molar-refractivity contribution in [3.8, 4) is 0 Å². The number of nitrogens with zero attached hydrogens (tertiary/aromatic N) is 1. The summed E-state index contributed by atoms with van der Waals surface area (Å²) in [5.74, 6) is 0.503. The van der Waals surface area contributed by atoms with Crippen LogP contribution in [0.15, 0.2) is 0 Å². The quantitative estimate of drug-likeness (QED) is 0.791. The zero-order valence-electron chi connectivity index (χ0n) is 11.4. The molecule has 3 unspecified atom stereocenters. The van der Waals surface area contributed by atoms with E-state index in [-0.39, 0.29) is 12.5 Å². The van der Waals surface area contributed by atoms with E-state index >= 15 is 0 Å². The Morgan fingerprint density at radius 2 is 2.22 bits per heavy atom. The lowest BCUT2D eigenvalue weighted by Crippen LogP contribution is -2.49. The molecule has 0 aliphatic carbocycles. The third-order valence-corrected chi connectivity index (χ3v) is 4.43. The Morgan fingerprint density at radius 1 is 1.39 bits per heavy atom. The second-order valence-corrected chi connectivity index (χ2v) is 5.69. The number of aliphatic hydroxyl groups excluding tert-OH is 1. The molecule has 4 nitrogen and oxygen atoms in total. The monoisotopic (exact) mass is 254 g/mol. The first-order chi connectivity index (χ1) is 8.74. The average molecular weight is 254 g/mol. The molecule has 4 heteroatoms. The SMILES string of the molecule is CC1NCCCC1C(=O)N1CCCC1CCCO. The molecule has 0 bridgehead atoms. The van der Waals surface area contributed by atoms with Crippen LogP contribution in [0, 0.1) is 5.92 Å². The van der Waals surface area contributed by atoms with Crippen molar-refractivity contribution in [1.82, 2.24) is 10.2 Å². The molecule has 2 saturated heterocycles. The highest BCUT2D eigenvalue weighted by atomic mass is 16.3. The van der Waals surface area contributed by atoms with Crippen LogP contribution in [-0.4, -0.2) is 47.7 Å². The van der Waals surface area contributed by atoms with Gasteiger partial charge in [0, 0.05) is 25.2 Å². The first kappa shape index (κ1) is 13.8. The van der Waals surface area contributed by atoms with Crippen molar-refractivity contribution in [2.75, 3.05) is 19.7 Å². The average Bonchev–Trinajstić information content (AvgIpc) is 2.84. The third kappa shape index (κ3) is 3.04. The lowest BCUT2D eigenvalue weighted by atomic mass is 9.90. The second kappa shape index (κ2) is 6.53. The van der Waals surface area contributed by atoms with Crippen LogP contribution in [0.25, 0.3) is 0 Å². The van der Waals surface area contributed by atoms with E-state index in [2.05, 4.69) is 17.1 Å². The predicted octanol–water partition coefficient (Wildman–Crippen LogP) is 1.14. The topological polar surface area (TPSA) is 52.6 Å². The standard InChI is InChI=1S/C14H26N2O2/c1-11-13(7-2-8-15-11)14(18)16-9-3-5-12(16)6-4-10-17/h11-13,15,17H,2-10H2,1H3. The molecule has 2 aliphatic heterocycles. The molecular formula is C14H26N2O2. The van der Waals surface area contributed by atoms with E-state index in [9.17, 15) is 4.79 Å². The molecule has 0 aromatic rings. The summed E-state index contributed by atoms with van der Waals surface area (Å²) in [6.07, 6.45) is 6.13. The fourth-order valence-electron chi connectivity index (χ4n) is 3.35. The number of rotatable bonds is 4. The Bertz CT molecular complexity index is 283. The Morgan fingerprint density at radius 3 is 2.94 bits per heavy atom. The summed E-state index contributed by atoms with van der Waals surface area (Å²) in [5.41, 5.74) is 0. The maximum absolute atomic E-state index is 12.6. The lowest BCUT2D eigenvalue weighted by molar-refractivity contribution is -0.138. The van der Waals surface area contributed by atoms with Gasteiger partial charge >= 0.3 is 0 Å². The van der Waals surface area contributed by atoms with Crippen LogP contribution >= 0.6 is 0 Å². The molecule has 0 radical (unpaired) electrons. The molecule has 104 valence electrons. The van der Waals surface area contributed by atoms with Gasteiger partial charge in [-0.05, 0) is 52.0 Å². The molecule has 2 rings (SSSR count). The Hall–Kier alpha value is -0.610. The van der Waals surface area contributed by atoms with Gasteiger partial charge in [0.15, 0.2) is 0 Å². The van der Waals surface area contributed by atoms with Crippen molar-refractivity contribution in [1.29, 1.82) is 0 Å². The highest BCUT2D eigenvalue weighted by molar-refractivity contribution is 5.80. The van der Waals surface area contributed by atoms with Crippen LogP contribution in [0.4, 0.5) is 0 Å². The highest BCUT2D eigenvalue weighted by Gasteiger charge is 2.35. The molecule has 2 aliphatic rings. The fourth-order valence-corrected chi connectivity index (χ4v) is 3.35. The number of piperidine rings is 1. The maximum atomic E-state index is 12.6. The molecule has 0 saturated carbocycles. The first-order valence-electron chi connectivity index (χ1n) is 7.38. The Kier molecular flexibility index (Phi) is 5.01. The summed E-state index contributed by atoms with van der Waals surface area (Å²) in [7, 11) is 0. The highest BCUT2D eigenvalue weighted by Crippen LogP contribution is 2.27. The van der Waals surface area contributed by atoms with Gasteiger partial charge in [0.05, 0.1) is 5.92 Å². The van der Waals surface area contributed by atoms with Crippen LogP contribution in [0.1, 0.15) is 45.4 Å². The van der Waals surface area contributed by atoms with Crippen molar-refractivity contribution < 1.29 is 9.90 Å². The molecule has 3 atom stereocenters. The fraction of sp³-hybridized carbons (Fsp3) is 0.929. The number of aliphatic hydroxyl groups is 1. The van der Waals surface area contributed by atoms with Crippen LogP contribution in [0.5, 0.6) is 0 Å². The largest absolute Gasteiger partial charge is 0.396 e. The lowest BCUT2D eigenvalue weighted by Gasteiger charge is -2.34. The van der Waals surface area contributed by atoms with Crippen molar-refractivity contribution in [3.05, 3.63) is 0 Å². The van der Waals surface area contributed by atoms with Gasteiger partial charge in [0.1, 0.15) is 0 Å². The number of carbonyl (C=O) groups excluding carboxylic acids is 1. The summed E-state index contributed by atoms with van der Waals surface area (Å²) in [6, 6.07) is 0.684. The van der Waals surface area contributed by atoms with Crippen LogP contribution in [0.2, 0.25) is 0 Å². The number of hydrogen-bond acceptors (Lipinski definition) is 3. The van der Waals surface area contributed by atoms with E-state index in [1.54, 1.807) is 0 Å². The van der Waals surface area contributed by atoms with Crippen LogP contribution < -0.4 is 5.32 Å². The van der Waals surface area contributed by atoms with Crippen LogP contribution in [-0.2, 0) is 4.79 Å². The van der Waals surface area contributed by atoms with Gasteiger partial charge in [-0.1, -0.05) is 0 Å². The molecule has 0 spiro atoms. The normalized spacial score (nSPS) is 32.8. The third-order valence-electron chi connectivity index (χ3n) is 4.43. The molecule has 2 N–H and O–H groups in total. The molecule has 2 fully saturated rings. The van der Waals surface area contributed by atoms with Gasteiger partial charge in [0.2, 0.25) is 5.91 Å². The second-order valence-electron chi connectivity index (χ2n) is 5.69. The van der Waals surface area contributed by atoms with Crippen LogP contribution in [0.3, 0.4) is 0 Å². The Labute approximate surface area is 110 Å². The van der Waals surface area contributed by atoms with Gasteiger partial charge in [-0.15, -0.1) is 0 Å². The predicted molar refractivity (Wildman–Crippen MR) is 71.2 cm³/mol. The zero-order valence-corrected chi connectivity index (χ0v) is 11.4.